The second-order valence-corrected chi connectivity index (χ2v) is 7.08. The summed E-state index contributed by atoms with van der Waals surface area (Å²) in [5.41, 5.74) is 10.6. The molecule has 0 heterocycles. The Morgan fingerprint density at radius 2 is 1.56 bits per heavy atom. The highest BCUT2D eigenvalue weighted by molar-refractivity contribution is 5.75. The van der Waals surface area contributed by atoms with Crippen molar-refractivity contribution in [1.29, 1.82) is 0 Å². The van der Waals surface area contributed by atoms with Crippen molar-refractivity contribution in [2.75, 3.05) is 5.01 Å². The predicted molar refractivity (Wildman–Crippen MR) is 116 cm³/mol. The SMILES string of the molecule is CCC1=C(N)C(C)C(C=NN(c2ccccc2)c2ccccc2)(CC)C=C1. The van der Waals surface area contributed by atoms with Crippen molar-refractivity contribution in [3.63, 3.8) is 0 Å². The molecule has 0 aromatic heterocycles. The molecule has 1 aliphatic rings. The maximum Gasteiger partial charge on any atom is 0.0652 e. The highest BCUT2D eigenvalue weighted by Gasteiger charge is 2.35. The molecule has 140 valence electrons. The van der Waals surface area contributed by atoms with E-state index in [4.69, 9.17) is 10.8 Å². The van der Waals surface area contributed by atoms with Crippen LogP contribution in [0.1, 0.15) is 33.6 Å². The number of hydrazone groups is 1. The molecule has 0 radical (unpaired) electrons. The van der Waals surface area contributed by atoms with Gasteiger partial charge in [0.15, 0.2) is 0 Å². The summed E-state index contributed by atoms with van der Waals surface area (Å²) in [5.74, 6) is 0.222. The highest BCUT2D eigenvalue weighted by atomic mass is 15.5. The summed E-state index contributed by atoms with van der Waals surface area (Å²) < 4.78 is 0. The monoisotopic (exact) mass is 359 g/mol. The molecule has 2 aromatic rings. The third-order valence-corrected chi connectivity index (χ3v) is 5.65. The lowest BCUT2D eigenvalue weighted by Crippen LogP contribution is -2.35. The molecule has 27 heavy (non-hydrogen) atoms. The molecule has 2 atom stereocenters. The molecule has 0 saturated carbocycles. The molecule has 0 fully saturated rings. The number of anilines is 2. The van der Waals surface area contributed by atoms with Crippen molar-refractivity contribution in [2.24, 2.45) is 22.2 Å². The summed E-state index contributed by atoms with van der Waals surface area (Å²) in [6, 6.07) is 20.5. The first-order valence-corrected chi connectivity index (χ1v) is 9.74. The Morgan fingerprint density at radius 1 is 1.00 bits per heavy atom. The number of rotatable bonds is 6. The summed E-state index contributed by atoms with van der Waals surface area (Å²) in [4.78, 5) is 0. The van der Waals surface area contributed by atoms with E-state index in [1.165, 1.54) is 5.57 Å². The van der Waals surface area contributed by atoms with Crippen LogP contribution >= 0.6 is 0 Å². The number of nitrogens with zero attached hydrogens (tertiary/aromatic N) is 2. The zero-order chi connectivity index (χ0) is 19.3. The van der Waals surface area contributed by atoms with Gasteiger partial charge in [-0.3, -0.25) is 0 Å². The molecule has 2 unspecified atom stereocenters. The van der Waals surface area contributed by atoms with Gasteiger partial charge in [-0.25, -0.2) is 5.01 Å². The summed E-state index contributed by atoms with van der Waals surface area (Å²) in [5, 5.41) is 6.94. The van der Waals surface area contributed by atoms with Crippen LogP contribution in [0.25, 0.3) is 0 Å². The van der Waals surface area contributed by atoms with E-state index in [2.05, 4.69) is 63.4 Å². The van der Waals surface area contributed by atoms with Crippen LogP contribution in [0.15, 0.2) is 89.2 Å². The molecule has 3 heteroatoms. The van der Waals surface area contributed by atoms with Gasteiger partial charge in [0.1, 0.15) is 0 Å². The summed E-state index contributed by atoms with van der Waals surface area (Å²) >= 11 is 0. The fourth-order valence-electron chi connectivity index (χ4n) is 3.64. The fourth-order valence-corrected chi connectivity index (χ4v) is 3.64. The van der Waals surface area contributed by atoms with Crippen LogP contribution in [0.3, 0.4) is 0 Å². The summed E-state index contributed by atoms with van der Waals surface area (Å²) in [6.45, 7) is 6.56. The number of allylic oxidation sites excluding steroid dienone is 4. The smallest absolute Gasteiger partial charge is 0.0652 e. The maximum atomic E-state index is 6.47. The van der Waals surface area contributed by atoms with Crippen molar-refractivity contribution in [1.82, 2.24) is 0 Å². The molecular formula is C24H29N3. The van der Waals surface area contributed by atoms with Crippen LogP contribution < -0.4 is 10.7 Å². The van der Waals surface area contributed by atoms with Crippen LogP contribution in [-0.4, -0.2) is 6.21 Å². The number of hydrogen-bond donors (Lipinski definition) is 1. The lowest BCUT2D eigenvalue weighted by Gasteiger charge is -2.37. The van der Waals surface area contributed by atoms with E-state index in [0.717, 1.165) is 29.9 Å². The normalized spacial score (nSPS) is 22.4. The van der Waals surface area contributed by atoms with Crippen LogP contribution in [0.4, 0.5) is 11.4 Å². The summed E-state index contributed by atoms with van der Waals surface area (Å²) in [7, 11) is 0. The zero-order valence-corrected chi connectivity index (χ0v) is 16.5. The lowest BCUT2D eigenvalue weighted by molar-refractivity contribution is 0.380. The molecule has 1 aliphatic carbocycles. The molecule has 2 N–H and O–H groups in total. The van der Waals surface area contributed by atoms with E-state index in [9.17, 15) is 0 Å². The minimum atomic E-state index is -0.176. The molecule has 0 amide bonds. The van der Waals surface area contributed by atoms with Gasteiger partial charge in [-0.15, -0.1) is 0 Å². The predicted octanol–water partition coefficient (Wildman–Crippen LogP) is 6.04. The second kappa shape index (κ2) is 8.26. The van der Waals surface area contributed by atoms with Gasteiger partial charge in [0, 0.05) is 23.2 Å². The zero-order valence-electron chi connectivity index (χ0n) is 16.5. The number of para-hydroxylation sites is 2. The molecular weight excluding hydrogens is 330 g/mol. The molecule has 0 bridgehead atoms. The van der Waals surface area contributed by atoms with E-state index >= 15 is 0 Å². The third-order valence-electron chi connectivity index (χ3n) is 5.65. The van der Waals surface area contributed by atoms with Gasteiger partial charge in [0.25, 0.3) is 0 Å². The lowest BCUT2D eigenvalue weighted by atomic mass is 9.69. The average molecular weight is 360 g/mol. The Labute approximate surface area is 162 Å². The number of benzene rings is 2. The maximum absolute atomic E-state index is 6.47. The Hall–Kier alpha value is -2.81. The van der Waals surface area contributed by atoms with Gasteiger partial charge in [0.05, 0.1) is 11.4 Å². The van der Waals surface area contributed by atoms with Crippen molar-refractivity contribution in [3.05, 3.63) is 84.1 Å². The first-order valence-electron chi connectivity index (χ1n) is 9.74. The van der Waals surface area contributed by atoms with Gasteiger partial charge in [-0.1, -0.05) is 69.3 Å². The van der Waals surface area contributed by atoms with E-state index in [1.54, 1.807) is 0 Å². The average Bonchev–Trinajstić information content (AvgIpc) is 2.73. The van der Waals surface area contributed by atoms with E-state index in [0.29, 0.717) is 0 Å². The van der Waals surface area contributed by atoms with Crippen molar-refractivity contribution in [2.45, 2.75) is 33.6 Å². The number of hydrogen-bond acceptors (Lipinski definition) is 3. The van der Waals surface area contributed by atoms with Crippen molar-refractivity contribution in [3.8, 4) is 0 Å². The topological polar surface area (TPSA) is 41.6 Å². The number of nitrogens with two attached hydrogens (primary N) is 1. The second-order valence-electron chi connectivity index (χ2n) is 7.08. The third kappa shape index (κ3) is 3.82. The van der Waals surface area contributed by atoms with E-state index in [-0.39, 0.29) is 11.3 Å². The van der Waals surface area contributed by atoms with E-state index < -0.39 is 0 Å². The quantitative estimate of drug-likeness (QED) is 0.505. The molecule has 0 saturated heterocycles. The minimum absolute atomic E-state index is 0.176. The molecule has 0 aliphatic heterocycles. The van der Waals surface area contributed by atoms with Gasteiger partial charge >= 0.3 is 0 Å². The van der Waals surface area contributed by atoms with E-state index in [1.807, 2.05) is 41.4 Å². The van der Waals surface area contributed by atoms with Gasteiger partial charge in [-0.2, -0.15) is 5.10 Å². The van der Waals surface area contributed by atoms with Crippen LogP contribution in [-0.2, 0) is 0 Å². The van der Waals surface area contributed by atoms with Crippen LogP contribution in [0.5, 0.6) is 0 Å². The Balaban J connectivity index is 1.99. The molecule has 3 nitrogen and oxygen atoms in total. The van der Waals surface area contributed by atoms with Crippen LogP contribution in [0, 0.1) is 11.3 Å². The Kier molecular flexibility index (Phi) is 5.80. The first kappa shape index (κ1) is 19.0. The van der Waals surface area contributed by atoms with Gasteiger partial charge in [-0.05, 0) is 42.7 Å². The van der Waals surface area contributed by atoms with Crippen LogP contribution in [0.2, 0.25) is 0 Å². The standard InChI is InChI=1S/C24H29N3/c1-4-20-16-17-24(5-2,19(3)23(20)25)18-26-27(21-12-8-6-9-13-21)22-14-10-7-11-15-22/h6-19H,4-5,25H2,1-3H3. The molecule has 3 rings (SSSR count). The Morgan fingerprint density at radius 3 is 2.04 bits per heavy atom. The molecule has 0 spiro atoms. The van der Waals surface area contributed by atoms with Gasteiger partial charge < -0.3 is 5.73 Å². The fraction of sp³-hybridized carbons (Fsp3) is 0.292. The molecule has 2 aromatic carbocycles. The minimum Gasteiger partial charge on any atom is -0.402 e. The van der Waals surface area contributed by atoms with Crippen molar-refractivity contribution >= 4 is 17.6 Å². The Bertz CT molecular complexity index is 797. The summed E-state index contributed by atoms with van der Waals surface area (Å²) in [6.07, 6.45) is 8.45. The van der Waals surface area contributed by atoms with Crippen molar-refractivity contribution < 1.29 is 0 Å². The van der Waals surface area contributed by atoms with Gasteiger partial charge in [0.2, 0.25) is 0 Å². The first-order chi connectivity index (χ1) is 13.1. The largest absolute Gasteiger partial charge is 0.402 e. The highest BCUT2D eigenvalue weighted by Crippen LogP contribution is 2.40.